The number of rotatable bonds is 2. The van der Waals surface area contributed by atoms with Gasteiger partial charge in [0.05, 0.1) is 11.9 Å². The fraction of sp³-hybridized carbons (Fsp3) is 0. The fourth-order valence-electron chi connectivity index (χ4n) is 0.876. The number of nitrogens with two attached hydrogens (primary N) is 1. The van der Waals surface area contributed by atoms with E-state index in [0.29, 0.717) is 0 Å². The van der Waals surface area contributed by atoms with Gasteiger partial charge in [0.15, 0.2) is 0 Å². The van der Waals surface area contributed by atoms with Crippen molar-refractivity contribution in [3.8, 4) is 0 Å². The van der Waals surface area contributed by atoms with E-state index < -0.39 is 11.9 Å². The van der Waals surface area contributed by atoms with Crippen molar-refractivity contribution < 1.29 is 39.3 Å². The maximum Gasteiger partial charge on any atom is 2.00 e. The molecule has 0 radical (unpaired) electrons. The molecule has 0 amide bonds. The molecule has 0 fully saturated rings. The number of carbonyl (C=O) groups is 2. The summed E-state index contributed by atoms with van der Waals surface area (Å²) in [5.41, 5.74) is 4.70. The van der Waals surface area contributed by atoms with Gasteiger partial charge >= 0.3 is 19.5 Å². The third kappa shape index (κ3) is 2.53. The Morgan fingerprint density at radius 2 is 1.71 bits per heavy atom. The normalized spacial score (nSPS) is 8.86. The van der Waals surface area contributed by atoms with Crippen LogP contribution in [0.3, 0.4) is 0 Å². The van der Waals surface area contributed by atoms with Crippen LogP contribution in [0, 0.1) is 0 Å². The second-order valence-electron chi connectivity index (χ2n) is 2.38. The van der Waals surface area contributed by atoms with E-state index in [1.54, 1.807) is 0 Å². The van der Waals surface area contributed by atoms with Crippen LogP contribution in [-0.2, 0) is 19.5 Å². The Kier molecular flexibility index (Phi) is 4.24. The van der Waals surface area contributed by atoms with Crippen molar-refractivity contribution in [1.29, 1.82) is 0 Å². The molecule has 2 N–H and O–H groups in total. The summed E-state index contributed by atoms with van der Waals surface area (Å²) in [6.07, 6.45) is 0. The largest absolute Gasteiger partial charge is 2.00 e. The maximum atomic E-state index is 10.3. The van der Waals surface area contributed by atoms with Crippen molar-refractivity contribution in [1.82, 2.24) is 0 Å². The van der Waals surface area contributed by atoms with Gasteiger partial charge in [0.2, 0.25) is 0 Å². The van der Waals surface area contributed by atoms with Gasteiger partial charge in [0.1, 0.15) is 0 Å². The summed E-state index contributed by atoms with van der Waals surface area (Å²) in [7, 11) is 0. The Morgan fingerprint density at radius 3 is 2.07 bits per heavy atom. The van der Waals surface area contributed by atoms with Crippen molar-refractivity contribution in [2.45, 2.75) is 0 Å². The third-order valence-corrected chi connectivity index (χ3v) is 1.51. The first-order chi connectivity index (χ1) is 6.02. The van der Waals surface area contributed by atoms with Crippen LogP contribution in [0.2, 0.25) is 0 Å². The standard InChI is InChI=1S/C8H7NO4.Zn/c9-6-3-4(7(10)11)1-2-5(6)8(12)13;/h1-3H,9H2,(H,10,11)(H,12,13);/q;+2/p-2. The number of nitrogen functional groups attached to an aromatic ring is 1. The van der Waals surface area contributed by atoms with Crippen LogP contribution >= 0.6 is 0 Å². The van der Waals surface area contributed by atoms with Gasteiger partial charge in [-0.15, -0.1) is 0 Å². The van der Waals surface area contributed by atoms with Gasteiger partial charge in [-0.2, -0.15) is 0 Å². The second-order valence-corrected chi connectivity index (χ2v) is 2.38. The Bertz CT molecular complexity index is 378. The molecule has 0 aliphatic heterocycles. The van der Waals surface area contributed by atoms with Gasteiger partial charge in [-0.25, -0.2) is 0 Å². The molecule has 0 aromatic heterocycles. The number of anilines is 1. The average Bonchev–Trinajstić information content (AvgIpc) is 2.03. The molecular weight excluding hydrogens is 239 g/mol. The minimum Gasteiger partial charge on any atom is -0.545 e. The number of carboxylic acids is 2. The molecule has 0 saturated carbocycles. The fourth-order valence-corrected chi connectivity index (χ4v) is 0.876. The molecule has 0 bridgehead atoms. The number of benzene rings is 1. The van der Waals surface area contributed by atoms with Crippen LogP contribution in [0.1, 0.15) is 20.7 Å². The maximum absolute atomic E-state index is 10.3. The van der Waals surface area contributed by atoms with Gasteiger partial charge in [0, 0.05) is 11.3 Å². The molecular formula is C8H5NO4Zn. The predicted octanol–water partition coefficient (Wildman–Crippen LogP) is -2.01. The average molecular weight is 245 g/mol. The minimum absolute atomic E-state index is 0. The summed E-state index contributed by atoms with van der Waals surface area (Å²) in [4.78, 5) is 20.7. The number of hydrogen-bond acceptors (Lipinski definition) is 5. The van der Waals surface area contributed by atoms with Gasteiger partial charge in [-0.05, 0) is 11.6 Å². The van der Waals surface area contributed by atoms with E-state index in [9.17, 15) is 19.8 Å². The van der Waals surface area contributed by atoms with Gasteiger partial charge in [0.25, 0.3) is 0 Å². The molecule has 6 heteroatoms. The SMILES string of the molecule is Nc1cc(C(=O)[O-])ccc1C(=O)[O-].[Zn+2]. The zero-order valence-corrected chi connectivity index (χ0v) is 10.1. The van der Waals surface area contributed by atoms with Crippen LogP contribution in [0.15, 0.2) is 18.2 Å². The molecule has 0 heterocycles. The molecule has 0 atom stereocenters. The van der Waals surface area contributed by atoms with Crippen molar-refractivity contribution in [2.24, 2.45) is 0 Å². The van der Waals surface area contributed by atoms with Crippen LogP contribution in [0.5, 0.6) is 0 Å². The number of carboxylic acid groups (broad SMARTS) is 2. The molecule has 1 aromatic rings. The monoisotopic (exact) mass is 243 g/mol. The van der Waals surface area contributed by atoms with E-state index in [2.05, 4.69) is 0 Å². The Morgan fingerprint density at radius 1 is 1.14 bits per heavy atom. The van der Waals surface area contributed by atoms with Gasteiger partial charge < -0.3 is 25.5 Å². The van der Waals surface area contributed by atoms with Crippen molar-refractivity contribution in [3.05, 3.63) is 29.3 Å². The van der Waals surface area contributed by atoms with Crippen molar-refractivity contribution in [2.75, 3.05) is 5.73 Å². The zero-order valence-electron chi connectivity index (χ0n) is 7.15. The van der Waals surface area contributed by atoms with Crippen molar-refractivity contribution >= 4 is 17.6 Å². The molecule has 0 saturated heterocycles. The van der Waals surface area contributed by atoms with Crippen LogP contribution in [-0.4, -0.2) is 11.9 Å². The van der Waals surface area contributed by atoms with E-state index >= 15 is 0 Å². The quantitative estimate of drug-likeness (QED) is 0.478. The first kappa shape index (κ1) is 12.6. The Hall–Kier alpha value is -1.42. The molecule has 0 aliphatic rings. The van der Waals surface area contributed by atoms with Crippen LogP contribution in [0.25, 0.3) is 0 Å². The molecule has 0 aliphatic carbocycles. The van der Waals surface area contributed by atoms with E-state index in [4.69, 9.17) is 5.73 Å². The summed E-state index contributed by atoms with van der Waals surface area (Å²) in [5, 5.41) is 20.7. The molecule has 68 valence electrons. The second kappa shape index (κ2) is 4.72. The van der Waals surface area contributed by atoms with Crippen LogP contribution in [0.4, 0.5) is 5.69 Å². The van der Waals surface area contributed by atoms with Gasteiger partial charge in [-0.3, -0.25) is 0 Å². The van der Waals surface area contributed by atoms with Crippen LogP contribution < -0.4 is 15.9 Å². The Labute approximate surface area is 92.3 Å². The first-order valence-corrected chi connectivity index (χ1v) is 3.34. The number of carbonyl (C=O) groups excluding carboxylic acids is 2. The molecule has 0 spiro atoms. The summed E-state index contributed by atoms with van der Waals surface area (Å²) < 4.78 is 0. The zero-order chi connectivity index (χ0) is 10.0. The first-order valence-electron chi connectivity index (χ1n) is 3.34. The summed E-state index contributed by atoms with van der Waals surface area (Å²) in [5.74, 6) is -2.85. The van der Waals surface area contributed by atoms with E-state index in [-0.39, 0.29) is 36.3 Å². The molecule has 0 unspecified atom stereocenters. The molecule has 1 aromatic carbocycles. The molecule has 5 nitrogen and oxygen atoms in total. The third-order valence-electron chi connectivity index (χ3n) is 1.51. The molecule has 14 heavy (non-hydrogen) atoms. The van der Waals surface area contributed by atoms with E-state index in [1.165, 1.54) is 0 Å². The molecule has 1 rings (SSSR count). The summed E-state index contributed by atoms with van der Waals surface area (Å²) in [6.45, 7) is 0. The van der Waals surface area contributed by atoms with Gasteiger partial charge in [-0.1, -0.05) is 12.1 Å². The van der Waals surface area contributed by atoms with Crippen molar-refractivity contribution in [3.63, 3.8) is 0 Å². The number of hydrogen-bond donors (Lipinski definition) is 1. The summed E-state index contributed by atoms with van der Waals surface area (Å²) >= 11 is 0. The van der Waals surface area contributed by atoms with E-state index in [0.717, 1.165) is 18.2 Å². The topological polar surface area (TPSA) is 106 Å². The van der Waals surface area contributed by atoms with E-state index in [1.807, 2.05) is 0 Å². The predicted molar refractivity (Wildman–Crippen MR) is 39.5 cm³/mol. The Balaban J connectivity index is 0.00000169. The minimum atomic E-state index is -1.44. The smallest absolute Gasteiger partial charge is 0.545 e. The summed E-state index contributed by atoms with van der Waals surface area (Å²) in [6, 6.07) is 3.17. The number of aromatic carboxylic acids is 2.